The normalized spacial score (nSPS) is 16.1. The minimum atomic E-state index is -0.0634. The predicted molar refractivity (Wildman–Crippen MR) is 71.3 cm³/mol. The molecule has 0 unspecified atom stereocenters. The van der Waals surface area contributed by atoms with Gasteiger partial charge in [-0.25, -0.2) is 0 Å². The number of hydrogen-bond acceptors (Lipinski definition) is 3. The zero-order valence-electron chi connectivity index (χ0n) is 10.7. The highest BCUT2D eigenvalue weighted by Crippen LogP contribution is 2.47. The summed E-state index contributed by atoms with van der Waals surface area (Å²) in [6.45, 7) is 3.00. The molecule has 0 radical (unpaired) electrons. The molecule has 18 heavy (non-hydrogen) atoms. The van der Waals surface area contributed by atoms with Crippen LogP contribution in [0.3, 0.4) is 0 Å². The van der Waals surface area contributed by atoms with Gasteiger partial charge in [0.25, 0.3) is 5.91 Å². The van der Waals surface area contributed by atoms with Crippen LogP contribution in [0.1, 0.15) is 26.2 Å². The summed E-state index contributed by atoms with van der Waals surface area (Å²) in [5.74, 6) is 0.600. The molecule has 1 saturated carbocycles. The maximum Gasteiger partial charge on any atom is 0.257 e. The Hall–Kier alpha value is -1.71. The smallest absolute Gasteiger partial charge is 0.257 e. The number of benzene rings is 1. The van der Waals surface area contributed by atoms with Gasteiger partial charge in [-0.05, 0) is 48.9 Å². The van der Waals surface area contributed by atoms with Gasteiger partial charge in [0.2, 0.25) is 0 Å². The summed E-state index contributed by atoms with van der Waals surface area (Å²) in [6, 6.07) is 7.03. The van der Waals surface area contributed by atoms with Crippen molar-refractivity contribution in [3.8, 4) is 5.75 Å². The van der Waals surface area contributed by atoms with E-state index < -0.39 is 0 Å². The van der Waals surface area contributed by atoms with Crippen molar-refractivity contribution in [2.24, 2.45) is 5.41 Å². The van der Waals surface area contributed by atoms with E-state index in [4.69, 9.17) is 10.5 Å². The molecule has 4 heteroatoms. The third kappa shape index (κ3) is 3.39. The first kappa shape index (κ1) is 12.7. The maximum atomic E-state index is 11.6. The highest BCUT2D eigenvalue weighted by atomic mass is 16.5. The van der Waals surface area contributed by atoms with Crippen molar-refractivity contribution in [2.75, 3.05) is 18.9 Å². The molecule has 3 N–H and O–H groups in total. The Morgan fingerprint density at radius 1 is 1.39 bits per heavy atom. The summed E-state index contributed by atoms with van der Waals surface area (Å²) in [4.78, 5) is 11.6. The Morgan fingerprint density at radius 3 is 2.61 bits per heavy atom. The number of anilines is 1. The zero-order chi connectivity index (χ0) is 13.0. The molecule has 0 heterocycles. The molecule has 1 fully saturated rings. The maximum absolute atomic E-state index is 11.6. The lowest BCUT2D eigenvalue weighted by atomic mass is 10.0. The molecule has 1 amide bonds. The van der Waals surface area contributed by atoms with Crippen LogP contribution < -0.4 is 15.8 Å². The van der Waals surface area contributed by atoms with Crippen molar-refractivity contribution in [1.82, 2.24) is 5.32 Å². The third-order valence-corrected chi connectivity index (χ3v) is 3.62. The Balaban J connectivity index is 1.70. The quantitative estimate of drug-likeness (QED) is 0.756. The molecule has 0 saturated heterocycles. The van der Waals surface area contributed by atoms with Crippen LogP contribution in [0.4, 0.5) is 5.69 Å². The van der Waals surface area contributed by atoms with Crippen molar-refractivity contribution >= 4 is 11.6 Å². The molecule has 1 aromatic rings. The van der Waals surface area contributed by atoms with Crippen LogP contribution in [-0.2, 0) is 4.79 Å². The first-order valence-corrected chi connectivity index (χ1v) is 6.39. The first-order valence-electron chi connectivity index (χ1n) is 6.39. The standard InChI is InChI=1S/C14H20N2O2/c1-2-14(7-8-14)10-16-13(17)9-18-12-5-3-11(15)4-6-12/h3-6H,2,7-10,15H2,1H3,(H,16,17). The topological polar surface area (TPSA) is 64.3 Å². The van der Waals surface area contributed by atoms with Gasteiger partial charge in [0, 0.05) is 12.2 Å². The van der Waals surface area contributed by atoms with E-state index in [1.54, 1.807) is 24.3 Å². The Morgan fingerprint density at radius 2 is 2.06 bits per heavy atom. The van der Waals surface area contributed by atoms with Crippen LogP contribution in [0.5, 0.6) is 5.75 Å². The lowest BCUT2D eigenvalue weighted by molar-refractivity contribution is -0.123. The summed E-state index contributed by atoms with van der Waals surface area (Å²) in [6.07, 6.45) is 3.58. The lowest BCUT2D eigenvalue weighted by Gasteiger charge is -2.13. The van der Waals surface area contributed by atoms with E-state index in [0.717, 1.165) is 13.0 Å². The fourth-order valence-corrected chi connectivity index (χ4v) is 1.88. The lowest BCUT2D eigenvalue weighted by Crippen LogP contribution is -2.33. The van der Waals surface area contributed by atoms with Crippen molar-refractivity contribution in [2.45, 2.75) is 26.2 Å². The molecular formula is C14H20N2O2. The number of nitrogens with two attached hydrogens (primary N) is 1. The van der Waals surface area contributed by atoms with Gasteiger partial charge in [-0.15, -0.1) is 0 Å². The van der Waals surface area contributed by atoms with Crippen LogP contribution in [-0.4, -0.2) is 19.1 Å². The summed E-state index contributed by atoms with van der Waals surface area (Å²) in [5.41, 5.74) is 6.62. The van der Waals surface area contributed by atoms with Crippen LogP contribution >= 0.6 is 0 Å². The number of nitrogen functional groups attached to an aromatic ring is 1. The average molecular weight is 248 g/mol. The van der Waals surface area contributed by atoms with E-state index >= 15 is 0 Å². The number of carbonyl (C=O) groups is 1. The van der Waals surface area contributed by atoms with Crippen molar-refractivity contribution in [3.05, 3.63) is 24.3 Å². The van der Waals surface area contributed by atoms with E-state index in [0.29, 0.717) is 16.9 Å². The highest BCUT2D eigenvalue weighted by Gasteiger charge is 2.40. The van der Waals surface area contributed by atoms with Gasteiger partial charge in [-0.3, -0.25) is 4.79 Å². The number of hydrogen-bond donors (Lipinski definition) is 2. The largest absolute Gasteiger partial charge is 0.484 e. The van der Waals surface area contributed by atoms with E-state index in [-0.39, 0.29) is 12.5 Å². The van der Waals surface area contributed by atoms with Crippen LogP contribution in [0.15, 0.2) is 24.3 Å². The Labute approximate surface area is 108 Å². The van der Waals surface area contributed by atoms with E-state index in [9.17, 15) is 4.79 Å². The number of rotatable bonds is 6. The summed E-state index contributed by atoms with van der Waals surface area (Å²) >= 11 is 0. The van der Waals surface area contributed by atoms with E-state index in [1.165, 1.54) is 12.8 Å². The number of nitrogens with one attached hydrogen (secondary N) is 1. The Bertz CT molecular complexity index is 410. The van der Waals surface area contributed by atoms with Crippen LogP contribution in [0.25, 0.3) is 0 Å². The summed E-state index contributed by atoms with van der Waals surface area (Å²) in [7, 11) is 0. The average Bonchev–Trinajstić information content (AvgIpc) is 3.16. The highest BCUT2D eigenvalue weighted by molar-refractivity contribution is 5.77. The molecule has 98 valence electrons. The molecular weight excluding hydrogens is 228 g/mol. The second-order valence-corrected chi connectivity index (χ2v) is 4.99. The number of amides is 1. The van der Waals surface area contributed by atoms with Gasteiger partial charge < -0.3 is 15.8 Å². The van der Waals surface area contributed by atoms with Gasteiger partial charge in [0.1, 0.15) is 5.75 Å². The van der Waals surface area contributed by atoms with Crippen LogP contribution in [0.2, 0.25) is 0 Å². The number of ether oxygens (including phenoxy) is 1. The van der Waals surface area contributed by atoms with Gasteiger partial charge in [0.05, 0.1) is 0 Å². The first-order chi connectivity index (χ1) is 8.63. The van der Waals surface area contributed by atoms with Crippen molar-refractivity contribution in [3.63, 3.8) is 0 Å². The number of carbonyl (C=O) groups excluding carboxylic acids is 1. The molecule has 2 rings (SSSR count). The minimum absolute atomic E-state index is 0.0592. The Kier molecular flexibility index (Phi) is 3.75. The third-order valence-electron chi connectivity index (χ3n) is 3.62. The second kappa shape index (κ2) is 5.29. The van der Waals surface area contributed by atoms with Gasteiger partial charge >= 0.3 is 0 Å². The van der Waals surface area contributed by atoms with Crippen molar-refractivity contribution in [1.29, 1.82) is 0 Å². The van der Waals surface area contributed by atoms with E-state index in [2.05, 4.69) is 12.2 Å². The van der Waals surface area contributed by atoms with Crippen LogP contribution in [0, 0.1) is 5.41 Å². The molecule has 0 bridgehead atoms. The molecule has 1 aliphatic rings. The molecule has 4 nitrogen and oxygen atoms in total. The SMILES string of the molecule is CCC1(CNC(=O)COc2ccc(N)cc2)CC1. The molecule has 0 aromatic heterocycles. The minimum Gasteiger partial charge on any atom is -0.484 e. The molecule has 0 spiro atoms. The molecule has 1 aliphatic carbocycles. The van der Waals surface area contributed by atoms with Crippen molar-refractivity contribution < 1.29 is 9.53 Å². The monoisotopic (exact) mass is 248 g/mol. The fourth-order valence-electron chi connectivity index (χ4n) is 1.88. The summed E-state index contributed by atoms with van der Waals surface area (Å²) < 4.78 is 5.37. The van der Waals surface area contributed by atoms with Gasteiger partial charge in [0.15, 0.2) is 6.61 Å². The van der Waals surface area contributed by atoms with E-state index in [1.807, 2.05) is 0 Å². The predicted octanol–water partition coefficient (Wildman–Crippen LogP) is 1.95. The second-order valence-electron chi connectivity index (χ2n) is 4.99. The molecule has 0 atom stereocenters. The molecule has 1 aromatic carbocycles. The fraction of sp³-hybridized carbons (Fsp3) is 0.500. The van der Waals surface area contributed by atoms with Gasteiger partial charge in [-0.2, -0.15) is 0 Å². The van der Waals surface area contributed by atoms with Gasteiger partial charge in [-0.1, -0.05) is 6.92 Å². The zero-order valence-corrected chi connectivity index (χ0v) is 10.7. The summed E-state index contributed by atoms with van der Waals surface area (Å²) in [5, 5.41) is 2.93. The molecule has 0 aliphatic heterocycles.